The van der Waals surface area contributed by atoms with E-state index in [-0.39, 0.29) is 17.8 Å². The highest BCUT2D eigenvalue weighted by Gasteiger charge is 2.24. The number of aryl methyl sites for hydroxylation is 1. The van der Waals surface area contributed by atoms with E-state index in [9.17, 15) is 9.90 Å². The molecule has 0 spiro atoms. The van der Waals surface area contributed by atoms with Crippen molar-refractivity contribution in [2.24, 2.45) is 0 Å². The van der Waals surface area contributed by atoms with Gasteiger partial charge in [-0.1, -0.05) is 33.4 Å². The molecule has 0 aliphatic carbocycles. The first-order chi connectivity index (χ1) is 14.5. The van der Waals surface area contributed by atoms with Crippen molar-refractivity contribution >= 4 is 17.0 Å². The number of hydrogen-bond acceptors (Lipinski definition) is 6. The Morgan fingerprint density at radius 2 is 1.87 bits per heavy atom. The quantitative estimate of drug-likeness (QED) is 0.460. The molecule has 2 aromatic carbocycles. The third-order valence-electron chi connectivity index (χ3n) is 4.76. The molecular weight excluding hydrogens is 394 g/mol. The molecule has 0 saturated heterocycles. The number of esters is 1. The molecule has 1 aromatic heterocycles. The van der Waals surface area contributed by atoms with Gasteiger partial charge in [-0.2, -0.15) is 0 Å². The van der Waals surface area contributed by atoms with Crippen molar-refractivity contribution in [2.45, 2.75) is 53.1 Å². The highest BCUT2D eigenvalue weighted by Crippen LogP contribution is 2.38. The Labute approximate surface area is 182 Å². The molecule has 3 aromatic rings. The average Bonchev–Trinajstić information content (AvgIpc) is 3.08. The highest BCUT2D eigenvalue weighted by atomic mass is 16.6. The van der Waals surface area contributed by atoms with E-state index in [1.165, 1.54) is 4.80 Å². The lowest BCUT2D eigenvalue weighted by molar-refractivity contribution is -0.144. The maximum atomic E-state index is 11.7. The van der Waals surface area contributed by atoms with Crippen LogP contribution in [-0.4, -0.2) is 38.8 Å². The molecular formula is C24H29N3O4. The molecule has 0 aliphatic rings. The summed E-state index contributed by atoms with van der Waals surface area (Å²) in [6.45, 7) is 15.1. The van der Waals surface area contributed by atoms with E-state index < -0.39 is 12.1 Å². The minimum Gasteiger partial charge on any atom is -0.505 e. The molecule has 0 amide bonds. The summed E-state index contributed by atoms with van der Waals surface area (Å²) >= 11 is 0. The van der Waals surface area contributed by atoms with E-state index in [1.807, 2.05) is 45.9 Å². The molecule has 1 atom stereocenters. The molecule has 0 bridgehead atoms. The smallest absolute Gasteiger partial charge is 0.333 e. The van der Waals surface area contributed by atoms with Gasteiger partial charge in [-0.25, -0.2) is 4.79 Å². The van der Waals surface area contributed by atoms with Gasteiger partial charge in [0.05, 0.1) is 0 Å². The summed E-state index contributed by atoms with van der Waals surface area (Å²) < 4.78 is 11.2. The van der Waals surface area contributed by atoms with Gasteiger partial charge < -0.3 is 14.6 Å². The van der Waals surface area contributed by atoms with Crippen LogP contribution in [-0.2, 0) is 14.9 Å². The molecule has 3 rings (SSSR count). The average molecular weight is 424 g/mol. The Bertz CT molecular complexity index is 1140. The van der Waals surface area contributed by atoms with Crippen molar-refractivity contribution in [2.75, 3.05) is 6.61 Å². The molecule has 7 nitrogen and oxygen atoms in total. The first kappa shape index (κ1) is 22.3. The van der Waals surface area contributed by atoms with E-state index in [0.29, 0.717) is 22.6 Å². The van der Waals surface area contributed by atoms with E-state index in [0.717, 1.165) is 16.6 Å². The number of benzene rings is 2. The SMILES string of the molecule is C=C(C)C(=O)OC(C)COc1cc(-n2nc3ccc(C)cc3n2)c(O)c(C(C)(C)C)c1. The number of carbonyl (C=O) groups is 1. The van der Waals surface area contributed by atoms with Gasteiger partial charge in [0.15, 0.2) is 0 Å². The second-order valence-electron chi connectivity index (χ2n) is 8.88. The molecule has 31 heavy (non-hydrogen) atoms. The van der Waals surface area contributed by atoms with Gasteiger partial charge in [-0.05, 0) is 49.9 Å². The largest absolute Gasteiger partial charge is 0.505 e. The number of aromatic nitrogens is 3. The molecule has 1 unspecified atom stereocenters. The van der Waals surface area contributed by atoms with Crippen LogP contribution in [0.4, 0.5) is 0 Å². The van der Waals surface area contributed by atoms with E-state index in [1.54, 1.807) is 26.0 Å². The summed E-state index contributed by atoms with van der Waals surface area (Å²) in [7, 11) is 0. The van der Waals surface area contributed by atoms with Crippen LogP contribution in [0, 0.1) is 6.92 Å². The summed E-state index contributed by atoms with van der Waals surface area (Å²) in [6, 6.07) is 9.28. The fourth-order valence-electron chi connectivity index (χ4n) is 3.06. The lowest BCUT2D eigenvalue weighted by Crippen LogP contribution is -2.22. The summed E-state index contributed by atoms with van der Waals surface area (Å²) in [5, 5.41) is 20.1. The van der Waals surface area contributed by atoms with Crippen LogP contribution < -0.4 is 4.74 Å². The van der Waals surface area contributed by atoms with Crippen LogP contribution in [0.3, 0.4) is 0 Å². The van der Waals surface area contributed by atoms with Gasteiger partial charge in [-0.15, -0.1) is 15.0 Å². The minimum absolute atomic E-state index is 0.0960. The van der Waals surface area contributed by atoms with Crippen LogP contribution >= 0.6 is 0 Å². The number of rotatable bonds is 6. The van der Waals surface area contributed by atoms with Crippen LogP contribution in [0.1, 0.15) is 45.7 Å². The van der Waals surface area contributed by atoms with Crippen molar-refractivity contribution in [1.82, 2.24) is 15.0 Å². The maximum Gasteiger partial charge on any atom is 0.333 e. The Morgan fingerprint density at radius 3 is 2.52 bits per heavy atom. The number of hydrogen-bond donors (Lipinski definition) is 1. The lowest BCUT2D eigenvalue weighted by atomic mass is 9.86. The van der Waals surface area contributed by atoms with Crippen molar-refractivity contribution < 1.29 is 19.4 Å². The number of ether oxygens (including phenoxy) is 2. The third-order valence-corrected chi connectivity index (χ3v) is 4.76. The Hall–Kier alpha value is -3.35. The molecule has 7 heteroatoms. The van der Waals surface area contributed by atoms with Gasteiger partial charge in [0.1, 0.15) is 40.9 Å². The Balaban J connectivity index is 1.97. The van der Waals surface area contributed by atoms with Crippen LogP contribution in [0.25, 0.3) is 16.7 Å². The number of aromatic hydroxyl groups is 1. The number of carbonyl (C=O) groups excluding carboxylic acids is 1. The highest BCUT2D eigenvalue weighted by molar-refractivity contribution is 5.87. The van der Waals surface area contributed by atoms with Crippen LogP contribution in [0.15, 0.2) is 42.5 Å². The molecule has 0 fully saturated rings. The fourth-order valence-corrected chi connectivity index (χ4v) is 3.06. The first-order valence-corrected chi connectivity index (χ1v) is 10.2. The number of phenols is 1. The molecule has 0 aliphatic heterocycles. The maximum absolute atomic E-state index is 11.7. The zero-order valence-corrected chi connectivity index (χ0v) is 18.9. The van der Waals surface area contributed by atoms with Gasteiger partial charge in [-0.3, -0.25) is 0 Å². The second-order valence-corrected chi connectivity index (χ2v) is 8.88. The summed E-state index contributed by atoms with van der Waals surface area (Å²) in [5.74, 6) is 0.160. The zero-order valence-electron chi connectivity index (χ0n) is 18.9. The van der Waals surface area contributed by atoms with E-state index in [2.05, 4.69) is 16.8 Å². The van der Waals surface area contributed by atoms with Crippen molar-refractivity contribution in [3.63, 3.8) is 0 Å². The van der Waals surface area contributed by atoms with Crippen molar-refractivity contribution in [1.29, 1.82) is 0 Å². The van der Waals surface area contributed by atoms with Gasteiger partial charge in [0, 0.05) is 17.2 Å². The molecule has 164 valence electrons. The zero-order chi connectivity index (χ0) is 22.9. The molecule has 0 radical (unpaired) electrons. The van der Waals surface area contributed by atoms with E-state index >= 15 is 0 Å². The summed E-state index contributed by atoms with van der Waals surface area (Å²) in [6.07, 6.45) is -0.465. The van der Waals surface area contributed by atoms with Crippen molar-refractivity contribution in [3.8, 4) is 17.2 Å². The van der Waals surface area contributed by atoms with Crippen molar-refractivity contribution in [3.05, 3.63) is 53.6 Å². The molecule has 1 heterocycles. The standard InChI is InChI=1S/C24H29N3O4/c1-14(2)23(29)31-16(4)13-30-17-11-18(24(5,6)7)22(28)21(12-17)27-25-19-9-8-15(3)10-20(19)26-27/h8-12,16,28H,1,13H2,2-7H3. The minimum atomic E-state index is -0.465. The summed E-state index contributed by atoms with van der Waals surface area (Å²) in [5.41, 5.74) is 3.65. The number of phenolic OH excluding ortho intramolecular Hbond substituents is 1. The monoisotopic (exact) mass is 423 g/mol. The summed E-state index contributed by atoms with van der Waals surface area (Å²) in [4.78, 5) is 13.1. The molecule has 1 N–H and O–H groups in total. The lowest BCUT2D eigenvalue weighted by Gasteiger charge is -2.23. The first-order valence-electron chi connectivity index (χ1n) is 10.2. The molecule has 0 saturated carbocycles. The second kappa shape index (κ2) is 8.41. The Kier molecular flexibility index (Phi) is 6.06. The Morgan fingerprint density at radius 1 is 1.19 bits per heavy atom. The predicted molar refractivity (Wildman–Crippen MR) is 120 cm³/mol. The van der Waals surface area contributed by atoms with E-state index in [4.69, 9.17) is 9.47 Å². The topological polar surface area (TPSA) is 86.5 Å². The third kappa shape index (κ3) is 5.05. The van der Waals surface area contributed by atoms with Gasteiger partial charge >= 0.3 is 5.97 Å². The van der Waals surface area contributed by atoms with Crippen LogP contribution in [0.5, 0.6) is 11.5 Å². The number of fused-ring (bicyclic) bond motifs is 1. The van der Waals surface area contributed by atoms with Crippen LogP contribution in [0.2, 0.25) is 0 Å². The van der Waals surface area contributed by atoms with Gasteiger partial charge in [0.2, 0.25) is 0 Å². The number of nitrogens with zero attached hydrogens (tertiary/aromatic N) is 3. The fraction of sp³-hybridized carbons (Fsp3) is 0.375. The normalized spacial score (nSPS) is 12.6. The van der Waals surface area contributed by atoms with Gasteiger partial charge in [0.25, 0.3) is 0 Å². The predicted octanol–water partition coefficient (Wildman–Crippen LogP) is 4.62.